The molecule has 5 heteroatoms. The van der Waals surface area contributed by atoms with Gasteiger partial charge in [-0.2, -0.15) is 0 Å². The summed E-state index contributed by atoms with van der Waals surface area (Å²) in [6.07, 6.45) is 0. The van der Waals surface area contributed by atoms with Crippen LogP contribution in [0.25, 0.3) is 0 Å². The number of benzene rings is 2. The Morgan fingerprint density at radius 1 is 0.905 bits per heavy atom. The molecule has 0 unspecified atom stereocenters. The van der Waals surface area contributed by atoms with Crippen LogP contribution >= 0.6 is 0 Å². The maximum atomic E-state index is 12.3. The predicted octanol–water partition coefficient (Wildman–Crippen LogP) is 3.54. The molecule has 0 aromatic heterocycles. The molecule has 2 rings (SSSR count). The molecule has 0 heterocycles. The molecule has 0 bridgehead atoms. The lowest BCUT2D eigenvalue weighted by molar-refractivity contribution is 0.601. The van der Waals surface area contributed by atoms with Crippen LogP contribution in [0.4, 0.5) is 11.4 Å². The van der Waals surface area contributed by atoms with E-state index in [1.54, 1.807) is 30.3 Å². The van der Waals surface area contributed by atoms with Crippen LogP contribution in [-0.2, 0) is 10.0 Å². The van der Waals surface area contributed by atoms with Gasteiger partial charge in [-0.15, -0.1) is 0 Å². The van der Waals surface area contributed by atoms with Crippen molar-refractivity contribution in [3.8, 4) is 0 Å². The molecule has 0 spiro atoms. The molecule has 21 heavy (non-hydrogen) atoms. The summed E-state index contributed by atoms with van der Waals surface area (Å²) in [5.41, 5.74) is 3.67. The minimum atomic E-state index is -3.55. The van der Waals surface area contributed by atoms with Gasteiger partial charge in [0.15, 0.2) is 0 Å². The Morgan fingerprint density at radius 2 is 1.52 bits per heavy atom. The van der Waals surface area contributed by atoms with Gasteiger partial charge in [0.2, 0.25) is 0 Å². The third-order valence-electron chi connectivity index (χ3n) is 3.30. The van der Waals surface area contributed by atoms with Crippen LogP contribution in [0.3, 0.4) is 0 Å². The average molecular weight is 304 g/mol. The number of aryl methyl sites for hydroxylation is 2. The van der Waals surface area contributed by atoms with E-state index >= 15 is 0 Å². The zero-order valence-electron chi connectivity index (χ0n) is 12.5. The molecule has 0 amide bonds. The maximum Gasteiger partial charge on any atom is 0.261 e. The fourth-order valence-corrected chi connectivity index (χ4v) is 3.02. The molecule has 2 aromatic carbocycles. The summed E-state index contributed by atoms with van der Waals surface area (Å²) < 4.78 is 27.3. The molecule has 112 valence electrons. The van der Waals surface area contributed by atoms with Crippen molar-refractivity contribution in [3.63, 3.8) is 0 Å². The minimum absolute atomic E-state index is 0.252. The lowest BCUT2D eigenvalue weighted by atomic mass is 10.1. The molecule has 0 aliphatic carbocycles. The van der Waals surface area contributed by atoms with Crippen LogP contribution in [0.2, 0.25) is 0 Å². The Balaban J connectivity index is 2.23. The second kappa shape index (κ2) is 6.18. The van der Waals surface area contributed by atoms with Gasteiger partial charge in [0.05, 0.1) is 4.90 Å². The Kier molecular flexibility index (Phi) is 4.53. The van der Waals surface area contributed by atoms with Crippen LogP contribution in [0.5, 0.6) is 0 Å². The van der Waals surface area contributed by atoms with Gasteiger partial charge in [-0.05, 0) is 68.3 Å². The van der Waals surface area contributed by atoms with E-state index in [9.17, 15) is 8.42 Å². The Hall–Kier alpha value is -2.01. The number of rotatable bonds is 5. The molecular weight excluding hydrogens is 284 g/mol. The first-order valence-corrected chi connectivity index (χ1v) is 8.34. The van der Waals surface area contributed by atoms with E-state index in [0.29, 0.717) is 5.69 Å². The summed E-state index contributed by atoms with van der Waals surface area (Å²) in [6, 6.07) is 12.2. The minimum Gasteiger partial charge on any atom is -0.385 e. The molecule has 0 radical (unpaired) electrons. The quantitative estimate of drug-likeness (QED) is 0.888. The fraction of sp³-hybridized carbons (Fsp3) is 0.250. The zero-order chi connectivity index (χ0) is 15.5. The second-order valence-electron chi connectivity index (χ2n) is 4.96. The average Bonchev–Trinajstić information content (AvgIpc) is 2.44. The maximum absolute atomic E-state index is 12.3. The van der Waals surface area contributed by atoms with Crippen molar-refractivity contribution < 1.29 is 8.42 Å². The summed E-state index contributed by atoms with van der Waals surface area (Å²) in [5, 5.41) is 3.13. The van der Waals surface area contributed by atoms with Crippen LogP contribution in [0.1, 0.15) is 18.1 Å². The summed E-state index contributed by atoms with van der Waals surface area (Å²) in [5.74, 6) is 0. The van der Waals surface area contributed by atoms with Gasteiger partial charge < -0.3 is 5.32 Å². The largest absolute Gasteiger partial charge is 0.385 e. The van der Waals surface area contributed by atoms with Crippen molar-refractivity contribution in [1.82, 2.24) is 0 Å². The van der Waals surface area contributed by atoms with Crippen molar-refractivity contribution in [1.29, 1.82) is 0 Å². The van der Waals surface area contributed by atoms with E-state index in [1.807, 2.05) is 32.9 Å². The first kappa shape index (κ1) is 15.4. The monoisotopic (exact) mass is 304 g/mol. The molecule has 0 saturated carbocycles. The number of hydrogen-bond donors (Lipinski definition) is 2. The highest BCUT2D eigenvalue weighted by Gasteiger charge is 2.14. The van der Waals surface area contributed by atoms with E-state index in [0.717, 1.165) is 23.4 Å². The van der Waals surface area contributed by atoms with Crippen LogP contribution in [0.15, 0.2) is 47.4 Å². The van der Waals surface area contributed by atoms with E-state index in [1.165, 1.54) is 0 Å². The molecule has 0 aliphatic heterocycles. The summed E-state index contributed by atoms with van der Waals surface area (Å²) >= 11 is 0. The van der Waals surface area contributed by atoms with Crippen LogP contribution in [0, 0.1) is 13.8 Å². The molecule has 0 atom stereocenters. The Bertz CT molecular complexity index is 722. The normalized spacial score (nSPS) is 11.2. The molecule has 0 aliphatic rings. The van der Waals surface area contributed by atoms with Crippen LogP contribution < -0.4 is 10.0 Å². The second-order valence-corrected chi connectivity index (χ2v) is 6.64. The summed E-state index contributed by atoms with van der Waals surface area (Å²) in [4.78, 5) is 0.252. The molecule has 4 nitrogen and oxygen atoms in total. The number of sulfonamides is 1. The van der Waals surface area contributed by atoms with Gasteiger partial charge in [0.25, 0.3) is 10.0 Å². The number of nitrogens with one attached hydrogen (secondary N) is 2. The van der Waals surface area contributed by atoms with Crippen molar-refractivity contribution in [2.45, 2.75) is 25.7 Å². The van der Waals surface area contributed by atoms with E-state index in [2.05, 4.69) is 10.0 Å². The van der Waals surface area contributed by atoms with Gasteiger partial charge in [-0.25, -0.2) is 8.42 Å². The lowest BCUT2D eigenvalue weighted by Crippen LogP contribution is -2.13. The van der Waals surface area contributed by atoms with Gasteiger partial charge >= 0.3 is 0 Å². The van der Waals surface area contributed by atoms with Crippen molar-refractivity contribution >= 4 is 21.4 Å². The molecule has 0 saturated heterocycles. The van der Waals surface area contributed by atoms with Gasteiger partial charge in [0.1, 0.15) is 0 Å². The highest BCUT2D eigenvalue weighted by atomic mass is 32.2. The fourth-order valence-electron chi connectivity index (χ4n) is 1.98. The molecule has 2 aromatic rings. The first-order valence-electron chi connectivity index (χ1n) is 6.86. The third kappa shape index (κ3) is 3.76. The van der Waals surface area contributed by atoms with Gasteiger partial charge in [-0.1, -0.05) is 6.07 Å². The summed E-state index contributed by atoms with van der Waals surface area (Å²) in [6.45, 7) is 6.74. The van der Waals surface area contributed by atoms with Crippen molar-refractivity contribution in [2.75, 3.05) is 16.6 Å². The smallest absolute Gasteiger partial charge is 0.261 e. The zero-order valence-corrected chi connectivity index (χ0v) is 13.3. The Morgan fingerprint density at radius 3 is 2.10 bits per heavy atom. The number of hydrogen-bond acceptors (Lipinski definition) is 3. The topological polar surface area (TPSA) is 58.2 Å². The van der Waals surface area contributed by atoms with E-state index in [4.69, 9.17) is 0 Å². The molecule has 0 fully saturated rings. The number of anilines is 2. The molecular formula is C16H20N2O2S. The molecule has 2 N–H and O–H groups in total. The lowest BCUT2D eigenvalue weighted by Gasteiger charge is -2.10. The highest BCUT2D eigenvalue weighted by Crippen LogP contribution is 2.20. The SMILES string of the molecule is CCNc1ccc(S(=O)(=O)Nc2ccc(C)c(C)c2)cc1. The standard InChI is InChI=1S/C16H20N2O2S/c1-4-17-14-7-9-16(10-8-14)21(19,20)18-15-6-5-12(2)13(3)11-15/h5-11,17-18H,4H2,1-3H3. The predicted molar refractivity (Wildman–Crippen MR) is 87.3 cm³/mol. The van der Waals surface area contributed by atoms with E-state index in [-0.39, 0.29) is 4.90 Å². The van der Waals surface area contributed by atoms with Gasteiger partial charge in [-0.3, -0.25) is 4.72 Å². The summed E-state index contributed by atoms with van der Waals surface area (Å²) in [7, 11) is -3.55. The van der Waals surface area contributed by atoms with Crippen molar-refractivity contribution in [2.24, 2.45) is 0 Å². The van der Waals surface area contributed by atoms with Crippen molar-refractivity contribution in [3.05, 3.63) is 53.6 Å². The third-order valence-corrected chi connectivity index (χ3v) is 4.70. The highest BCUT2D eigenvalue weighted by molar-refractivity contribution is 7.92. The van der Waals surface area contributed by atoms with Gasteiger partial charge in [0, 0.05) is 17.9 Å². The van der Waals surface area contributed by atoms with Crippen LogP contribution in [-0.4, -0.2) is 15.0 Å². The Labute approximate surface area is 126 Å². The first-order chi connectivity index (χ1) is 9.92. The van der Waals surface area contributed by atoms with E-state index < -0.39 is 10.0 Å².